The number of carbonyl (C=O) groups excluding carboxylic acids is 2. The maximum absolute atomic E-state index is 12.3. The van der Waals surface area contributed by atoms with Crippen molar-refractivity contribution in [3.05, 3.63) is 29.3 Å². The monoisotopic (exact) mass is 358 g/mol. The highest BCUT2D eigenvalue weighted by Gasteiger charge is 2.43. The second kappa shape index (κ2) is 6.93. The summed E-state index contributed by atoms with van der Waals surface area (Å²) in [4.78, 5) is 27.9. The molecule has 0 atom stereocenters. The molecule has 3 rings (SSSR count). The van der Waals surface area contributed by atoms with Gasteiger partial charge in [-0.3, -0.25) is 4.79 Å². The van der Waals surface area contributed by atoms with E-state index in [1.54, 1.807) is 0 Å². The van der Waals surface area contributed by atoms with Gasteiger partial charge in [-0.05, 0) is 70.1 Å². The molecule has 0 saturated carbocycles. The number of piperidine rings is 1. The van der Waals surface area contributed by atoms with Gasteiger partial charge in [0, 0.05) is 37.4 Å². The molecule has 1 spiro atoms. The van der Waals surface area contributed by atoms with E-state index < -0.39 is 5.60 Å². The number of nitrogens with zero attached hydrogens (tertiary/aromatic N) is 2. The van der Waals surface area contributed by atoms with Crippen molar-refractivity contribution in [2.24, 2.45) is 5.41 Å². The van der Waals surface area contributed by atoms with E-state index in [1.807, 2.05) is 37.8 Å². The number of anilines is 1. The van der Waals surface area contributed by atoms with Crippen LogP contribution in [0.3, 0.4) is 0 Å². The molecule has 1 aromatic rings. The maximum atomic E-state index is 12.3. The summed E-state index contributed by atoms with van der Waals surface area (Å²) in [5.41, 5.74) is 2.71. The maximum Gasteiger partial charge on any atom is 0.410 e. The van der Waals surface area contributed by atoms with Gasteiger partial charge in [-0.15, -0.1) is 0 Å². The summed E-state index contributed by atoms with van der Waals surface area (Å²) in [7, 11) is 0. The lowest BCUT2D eigenvalue weighted by atomic mass is 9.77. The molecule has 1 aromatic carbocycles. The summed E-state index contributed by atoms with van der Waals surface area (Å²) in [6.07, 6.45) is 3.86. The van der Waals surface area contributed by atoms with E-state index >= 15 is 0 Å². The molecule has 0 aromatic heterocycles. The van der Waals surface area contributed by atoms with Gasteiger partial charge in [0.15, 0.2) is 6.29 Å². The highest BCUT2D eigenvalue weighted by atomic mass is 16.6. The standard InChI is InChI=1S/C21H30N2O3/c1-16-5-6-17(14-24)18(13-16)22-10-7-21(8-11-22)9-12-23(15-21)19(25)26-20(2,3)4/h5-6,13-14H,7-12,15H2,1-4H3. The van der Waals surface area contributed by atoms with Crippen LogP contribution in [0.25, 0.3) is 0 Å². The fraction of sp³-hybridized carbons (Fsp3) is 0.619. The van der Waals surface area contributed by atoms with Crippen LogP contribution in [0.1, 0.15) is 56.0 Å². The Morgan fingerprint density at radius 2 is 1.81 bits per heavy atom. The first kappa shape index (κ1) is 18.7. The van der Waals surface area contributed by atoms with Gasteiger partial charge in [0.25, 0.3) is 0 Å². The Hall–Kier alpha value is -2.04. The zero-order chi connectivity index (χ0) is 18.9. The van der Waals surface area contributed by atoms with Crippen molar-refractivity contribution in [2.45, 2.75) is 52.6 Å². The summed E-state index contributed by atoms with van der Waals surface area (Å²) in [5, 5.41) is 0. The summed E-state index contributed by atoms with van der Waals surface area (Å²) < 4.78 is 5.53. The highest BCUT2D eigenvalue weighted by Crippen LogP contribution is 2.42. The molecule has 0 N–H and O–H groups in total. The number of likely N-dealkylation sites (tertiary alicyclic amines) is 1. The minimum Gasteiger partial charge on any atom is -0.444 e. The van der Waals surface area contributed by atoms with Crippen molar-refractivity contribution in [1.82, 2.24) is 4.90 Å². The first-order valence-electron chi connectivity index (χ1n) is 9.50. The summed E-state index contributed by atoms with van der Waals surface area (Å²) in [6, 6.07) is 5.99. The Labute approximate surface area is 156 Å². The smallest absolute Gasteiger partial charge is 0.410 e. The fourth-order valence-electron chi connectivity index (χ4n) is 4.07. The molecule has 1 amide bonds. The van der Waals surface area contributed by atoms with Crippen LogP contribution in [-0.4, -0.2) is 49.1 Å². The van der Waals surface area contributed by atoms with Crippen LogP contribution in [0, 0.1) is 12.3 Å². The third-order valence-corrected chi connectivity index (χ3v) is 5.57. The average molecular weight is 358 g/mol. The van der Waals surface area contributed by atoms with Crippen molar-refractivity contribution in [1.29, 1.82) is 0 Å². The normalized spacial score (nSPS) is 19.7. The van der Waals surface area contributed by atoms with Crippen LogP contribution in [0.15, 0.2) is 18.2 Å². The van der Waals surface area contributed by atoms with Crippen LogP contribution in [0.5, 0.6) is 0 Å². The topological polar surface area (TPSA) is 49.9 Å². The molecule has 2 heterocycles. The van der Waals surface area contributed by atoms with Crippen LogP contribution in [0.4, 0.5) is 10.5 Å². The van der Waals surface area contributed by atoms with Crippen molar-refractivity contribution in [3.8, 4) is 0 Å². The Morgan fingerprint density at radius 3 is 2.42 bits per heavy atom. The van der Waals surface area contributed by atoms with Crippen molar-refractivity contribution >= 4 is 18.1 Å². The van der Waals surface area contributed by atoms with E-state index in [4.69, 9.17) is 4.74 Å². The van der Waals surface area contributed by atoms with Gasteiger partial charge in [-0.25, -0.2) is 4.79 Å². The molecule has 5 nitrogen and oxygen atoms in total. The van der Waals surface area contributed by atoms with E-state index in [0.717, 1.165) is 63.0 Å². The Morgan fingerprint density at radius 1 is 1.15 bits per heavy atom. The molecule has 142 valence electrons. The second-order valence-corrected chi connectivity index (χ2v) is 8.82. The lowest BCUT2D eigenvalue weighted by Crippen LogP contribution is -2.43. The first-order chi connectivity index (χ1) is 12.2. The molecule has 0 bridgehead atoms. The third kappa shape index (κ3) is 4.02. The number of rotatable bonds is 2. The van der Waals surface area contributed by atoms with Gasteiger partial charge >= 0.3 is 6.09 Å². The number of aldehydes is 1. The van der Waals surface area contributed by atoms with Crippen molar-refractivity contribution < 1.29 is 14.3 Å². The fourth-order valence-corrected chi connectivity index (χ4v) is 4.07. The van der Waals surface area contributed by atoms with Crippen molar-refractivity contribution in [3.63, 3.8) is 0 Å². The van der Waals surface area contributed by atoms with E-state index in [9.17, 15) is 9.59 Å². The first-order valence-corrected chi connectivity index (χ1v) is 9.50. The molecule has 0 radical (unpaired) electrons. The zero-order valence-corrected chi connectivity index (χ0v) is 16.4. The molecule has 5 heteroatoms. The molecule has 2 saturated heterocycles. The number of hydrogen-bond acceptors (Lipinski definition) is 4. The van der Waals surface area contributed by atoms with Crippen LogP contribution in [-0.2, 0) is 4.74 Å². The summed E-state index contributed by atoms with van der Waals surface area (Å²) in [5.74, 6) is 0. The predicted molar refractivity (Wildman–Crippen MR) is 103 cm³/mol. The molecule has 2 aliphatic heterocycles. The van der Waals surface area contributed by atoms with E-state index in [1.165, 1.54) is 5.56 Å². The van der Waals surface area contributed by atoms with E-state index in [2.05, 4.69) is 17.9 Å². The van der Waals surface area contributed by atoms with Crippen LogP contribution >= 0.6 is 0 Å². The largest absolute Gasteiger partial charge is 0.444 e. The summed E-state index contributed by atoms with van der Waals surface area (Å²) >= 11 is 0. The summed E-state index contributed by atoms with van der Waals surface area (Å²) in [6.45, 7) is 11.2. The lowest BCUT2D eigenvalue weighted by molar-refractivity contribution is 0.0266. The molecular formula is C21H30N2O3. The quantitative estimate of drug-likeness (QED) is 0.749. The molecule has 0 unspecified atom stereocenters. The van der Waals surface area contributed by atoms with Gasteiger partial charge in [-0.1, -0.05) is 6.07 Å². The van der Waals surface area contributed by atoms with Crippen LogP contribution in [0.2, 0.25) is 0 Å². The van der Waals surface area contributed by atoms with Gasteiger partial charge in [-0.2, -0.15) is 0 Å². The molecular weight excluding hydrogens is 328 g/mol. The third-order valence-electron chi connectivity index (χ3n) is 5.57. The lowest BCUT2D eigenvalue weighted by Gasteiger charge is -2.40. The van der Waals surface area contributed by atoms with Gasteiger partial charge in [0.05, 0.1) is 0 Å². The Kier molecular flexibility index (Phi) is 5.00. The van der Waals surface area contributed by atoms with Crippen molar-refractivity contribution in [2.75, 3.05) is 31.1 Å². The van der Waals surface area contributed by atoms with Gasteiger partial charge < -0.3 is 14.5 Å². The number of amides is 1. The number of aryl methyl sites for hydroxylation is 1. The second-order valence-electron chi connectivity index (χ2n) is 8.82. The Balaban J connectivity index is 1.63. The van der Waals surface area contributed by atoms with E-state index in [0.29, 0.717) is 0 Å². The van der Waals surface area contributed by atoms with Gasteiger partial charge in [0.1, 0.15) is 5.60 Å². The van der Waals surface area contributed by atoms with Crippen LogP contribution < -0.4 is 4.90 Å². The highest BCUT2D eigenvalue weighted by molar-refractivity contribution is 5.85. The minimum atomic E-state index is -0.452. The number of benzene rings is 1. The molecule has 26 heavy (non-hydrogen) atoms. The number of hydrogen-bond donors (Lipinski definition) is 0. The number of carbonyl (C=O) groups is 2. The minimum absolute atomic E-state index is 0.193. The van der Waals surface area contributed by atoms with Gasteiger partial charge in [0.2, 0.25) is 0 Å². The predicted octanol–water partition coefficient (Wildman–Crippen LogP) is 4.03. The zero-order valence-electron chi connectivity index (χ0n) is 16.4. The van der Waals surface area contributed by atoms with E-state index in [-0.39, 0.29) is 11.5 Å². The molecule has 0 aliphatic carbocycles. The SMILES string of the molecule is Cc1ccc(C=O)c(N2CCC3(CCN(C(=O)OC(C)(C)C)C3)CC2)c1. The Bertz CT molecular complexity index is 685. The molecule has 2 fully saturated rings. The average Bonchev–Trinajstić information content (AvgIpc) is 2.98. The molecule has 2 aliphatic rings. The number of ether oxygens (including phenoxy) is 1.